The first kappa shape index (κ1) is 40.5. The second kappa shape index (κ2) is 17.8. The van der Waals surface area contributed by atoms with Gasteiger partial charge in [0.05, 0.1) is 0 Å². The summed E-state index contributed by atoms with van der Waals surface area (Å²) < 4.78 is 6.30. The van der Waals surface area contributed by atoms with E-state index in [1.54, 1.807) is 0 Å². The lowest BCUT2D eigenvalue weighted by Gasteiger charge is -2.26. The Labute approximate surface area is 397 Å². The Kier molecular flexibility index (Phi) is 10.6. The topological polar surface area (TPSA) is 16.4 Å². The first-order valence-corrected chi connectivity index (χ1v) is 23.2. The standard InChI is InChI=1S/C66H45NO/c1-2-15-50(16-3-1)59-19-7-10-22-62(59)63-23-11-8-20-60(63)52-36-42-58(43-37-52)67(57-40-34-49(35-41-57)54-31-28-46-14-4-5-17-53(46)44-54)56-38-32-48(33-39-56)47-26-29-51(30-27-47)61-21-9-12-24-64(61)66-45-55-18-6-13-25-65(55)68-66/h1-45H. The van der Waals surface area contributed by atoms with Gasteiger partial charge in [-0.15, -0.1) is 0 Å². The van der Waals surface area contributed by atoms with Gasteiger partial charge in [0, 0.05) is 28.0 Å². The lowest BCUT2D eigenvalue weighted by atomic mass is 9.89. The van der Waals surface area contributed by atoms with Gasteiger partial charge < -0.3 is 9.32 Å². The number of fused-ring (bicyclic) bond motifs is 2. The molecule has 12 aromatic rings. The van der Waals surface area contributed by atoms with Crippen LogP contribution < -0.4 is 4.90 Å². The van der Waals surface area contributed by atoms with E-state index in [0.717, 1.165) is 67.2 Å². The van der Waals surface area contributed by atoms with Crippen LogP contribution in [0.4, 0.5) is 17.1 Å². The summed E-state index contributed by atoms with van der Waals surface area (Å²) in [6.45, 7) is 0. The minimum atomic E-state index is 0.874. The Hall–Kier alpha value is -8.98. The monoisotopic (exact) mass is 867 g/mol. The maximum absolute atomic E-state index is 6.30. The predicted molar refractivity (Wildman–Crippen MR) is 286 cm³/mol. The van der Waals surface area contributed by atoms with Gasteiger partial charge in [0.15, 0.2) is 0 Å². The summed E-state index contributed by atoms with van der Waals surface area (Å²) >= 11 is 0. The molecule has 2 heteroatoms. The average Bonchev–Trinajstić information content (AvgIpc) is 3.86. The molecule has 0 amide bonds. The van der Waals surface area contributed by atoms with Gasteiger partial charge >= 0.3 is 0 Å². The first-order valence-electron chi connectivity index (χ1n) is 23.2. The number of furan rings is 1. The van der Waals surface area contributed by atoms with Gasteiger partial charge in [-0.25, -0.2) is 0 Å². The second-order valence-corrected chi connectivity index (χ2v) is 17.3. The minimum absolute atomic E-state index is 0.874. The third-order valence-electron chi connectivity index (χ3n) is 13.1. The third kappa shape index (κ3) is 7.85. The van der Waals surface area contributed by atoms with Crippen LogP contribution in [-0.2, 0) is 0 Å². The van der Waals surface area contributed by atoms with E-state index in [1.807, 2.05) is 18.2 Å². The highest BCUT2D eigenvalue weighted by Crippen LogP contribution is 2.42. The first-order chi connectivity index (χ1) is 33.7. The van der Waals surface area contributed by atoms with E-state index in [-0.39, 0.29) is 0 Å². The van der Waals surface area contributed by atoms with Crippen molar-refractivity contribution in [1.82, 2.24) is 0 Å². The van der Waals surface area contributed by atoms with E-state index in [9.17, 15) is 0 Å². The molecule has 12 rings (SSSR count). The number of rotatable bonds is 10. The molecule has 1 heterocycles. The number of anilines is 3. The van der Waals surface area contributed by atoms with Gasteiger partial charge in [0.1, 0.15) is 11.3 Å². The molecule has 0 saturated carbocycles. The normalized spacial score (nSPS) is 11.2. The zero-order valence-corrected chi connectivity index (χ0v) is 37.3. The lowest BCUT2D eigenvalue weighted by Crippen LogP contribution is -2.09. The minimum Gasteiger partial charge on any atom is -0.456 e. The quantitative estimate of drug-likeness (QED) is 0.136. The summed E-state index contributed by atoms with van der Waals surface area (Å²) in [5.41, 5.74) is 19.4. The number of benzene rings is 11. The van der Waals surface area contributed by atoms with Crippen LogP contribution >= 0.6 is 0 Å². The zero-order valence-electron chi connectivity index (χ0n) is 37.3. The molecule has 0 aliphatic heterocycles. The summed E-state index contributed by atoms with van der Waals surface area (Å²) in [5, 5.41) is 3.59. The summed E-state index contributed by atoms with van der Waals surface area (Å²) in [6, 6.07) is 98.0. The molecule has 0 fully saturated rings. The zero-order chi connectivity index (χ0) is 45.2. The maximum Gasteiger partial charge on any atom is 0.136 e. The molecule has 0 atom stereocenters. The van der Waals surface area contributed by atoms with E-state index in [1.165, 1.54) is 49.7 Å². The van der Waals surface area contributed by atoms with Crippen molar-refractivity contribution in [2.24, 2.45) is 0 Å². The molecule has 0 aliphatic carbocycles. The molecule has 0 unspecified atom stereocenters. The highest BCUT2D eigenvalue weighted by molar-refractivity contribution is 5.93. The average molecular weight is 868 g/mol. The van der Waals surface area contributed by atoms with Crippen molar-refractivity contribution in [2.75, 3.05) is 4.90 Å². The van der Waals surface area contributed by atoms with Crippen molar-refractivity contribution in [2.45, 2.75) is 0 Å². The van der Waals surface area contributed by atoms with E-state index >= 15 is 0 Å². The molecule has 11 aromatic carbocycles. The van der Waals surface area contributed by atoms with Crippen molar-refractivity contribution < 1.29 is 4.42 Å². The molecule has 0 bridgehead atoms. The molecular formula is C66H45NO. The van der Waals surface area contributed by atoms with Gasteiger partial charge in [-0.05, 0) is 132 Å². The highest BCUT2D eigenvalue weighted by atomic mass is 16.3. The smallest absolute Gasteiger partial charge is 0.136 e. The van der Waals surface area contributed by atoms with Gasteiger partial charge in [0.25, 0.3) is 0 Å². The Morgan fingerprint density at radius 1 is 0.221 bits per heavy atom. The van der Waals surface area contributed by atoms with Crippen molar-refractivity contribution in [3.05, 3.63) is 273 Å². The number of para-hydroxylation sites is 1. The van der Waals surface area contributed by atoms with Crippen LogP contribution in [0.25, 0.3) is 99.8 Å². The molecular weight excluding hydrogens is 823 g/mol. The van der Waals surface area contributed by atoms with Gasteiger partial charge in [-0.2, -0.15) is 0 Å². The van der Waals surface area contributed by atoms with Crippen molar-refractivity contribution in [3.8, 4) is 78.1 Å². The summed E-state index contributed by atoms with van der Waals surface area (Å²) in [7, 11) is 0. The molecule has 68 heavy (non-hydrogen) atoms. The van der Waals surface area contributed by atoms with E-state index < -0.39 is 0 Å². The fourth-order valence-corrected chi connectivity index (χ4v) is 9.68. The highest BCUT2D eigenvalue weighted by Gasteiger charge is 2.17. The van der Waals surface area contributed by atoms with Crippen LogP contribution in [0, 0.1) is 0 Å². The van der Waals surface area contributed by atoms with Crippen LogP contribution in [0.5, 0.6) is 0 Å². The molecule has 1 aromatic heterocycles. The Morgan fingerprint density at radius 2 is 0.588 bits per heavy atom. The van der Waals surface area contributed by atoms with Crippen molar-refractivity contribution in [3.63, 3.8) is 0 Å². The fourth-order valence-electron chi connectivity index (χ4n) is 9.68. The molecule has 0 aliphatic rings. The predicted octanol–water partition coefficient (Wildman–Crippen LogP) is 18.7. The number of nitrogens with zero attached hydrogens (tertiary/aromatic N) is 1. The molecule has 2 nitrogen and oxygen atoms in total. The number of hydrogen-bond acceptors (Lipinski definition) is 2. The molecule has 0 radical (unpaired) electrons. The van der Waals surface area contributed by atoms with Crippen LogP contribution in [0.3, 0.4) is 0 Å². The fraction of sp³-hybridized carbons (Fsp3) is 0. The van der Waals surface area contributed by atoms with Crippen LogP contribution in [-0.4, -0.2) is 0 Å². The summed E-state index contributed by atoms with van der Waals surface area (Å²) in [6.07, 6.45) is 0. The van der Waals surface area contributed by atoms with Gasteiger partial charge in [-0.3, -0.25) is 0 Å². The van der Waals surface area contributed by atoms with E-state index in [4.69, 9.17) is 4.42 Å². The molecule has 0 spiro atoms. The van der Waals surface area contributed by atoms with Crippen LogP contribution in [0.2, 0.25) is 0 Å². The van der Waals surface area contributed by atoms with Crippen LogP contribution in [0.15, 0.2) is 277 Å². The lowest BCUT2D eigenvalue weighted by molar-refractivity contribution is 0.632. The summed E-state index contributed by atoms with van der Waals surface area (Å²) in [4.78, 5) is 2.35. The maximum atomic E-state index is 6.30. The van der Waals surface area contributed by atoms with Gasteiger partial charge in [-0.1, -0.05) is 218 Å². The largest absolute Gasteiger partial charge is 0.456 e. The third-order valence-corrected chi connectivity index (χ3v) is 13.1. The van der Waals surface area contributed by atoms with Crippen LogP contribution in [0.1, 0.15) is 0 Å². The second-order valence-electron chi connectivity index (χ2n) is 17.3. The Morgan fingerprint density at radius 3 is 1.15 bits per heavy atom. The summed E-state index contributed by atoms with van der Waals surface area (Å²) in [5.74, 6) is 0.874. The van der Waals surface area contributed by atoms with Crippen molar-refractivity contribution in [1.29, 1.82) is 0 Å². The van der Waals surface area contributed by atoms with E-state index in [0.29, 0.717) is 0 Å². The molecule has 0 saturated heterocycles. The van der Waals surface area contributed by atoms with Gasteiger partial charge in [0.2, 0.25) is 0 Å². The van der Waals surface area contributed by atoms with Crippen molar-refractivity contribution >= 4 is 38.8 Å². The molecule has 320 valence electrons. The molecule has 0 N–H and O–H groups in total. The van der Waals surface area contributed by atoms with E-state index in [2.05, 4.69) is 260 Å². The Balaban J connectivity index is 0.880. The SMILES string of the molecule is c1ccc(-c2ccccc2-c2ccccc2-c2ccc(N(c3ccc(-c4ccc(-c5ccccc5-c5cc6ccccc6o5)cc4)cc3)c3ccc(-c4ccc5ccccc5c4)cc3)cc2)cc1. The number of hydrogen-bond donors (Lipinski definition) is 0. The Bertz CT molecular complexity index is 3670.